The van der Waals surface area contributed by atoms with Gasteiger partial charge in [-0.25, -0.2) is 0 Å². The first-order valence-electron chi connectivity index (χ1n) is 8.93. The lowest BCUT2D eigenvalue weighted by atomic mass is 9.89. The van der Waals surface area contributed by atoms with E-state index >= 15 is 0 Å². The van der Waals surface area contributed by atoms with Crippen molar-refractivity contribution < 1.29 is 19.0 Å². The highest BCUT2D eigenvalue weighted by molar-refractivity contribution is 6.32. The Hall–Kier alpha value is -2.40. The maximum atomic E-state index is 12.8. The molecule has 1 aliphatic rings. The minimum atomic E-state index is -0.393. The number of halogens is 1. The van der Waals surface area contributed by atoms with Crippen molar-refractivity contribution in [3.63, 3.8) is 0 Å². The molecule has 1 N–H and O–H groups in total. The van der Waals surface area contributed by atoms with Crippen molar-refractivity contribution >= 4 is 17.5 Å². The summed E-state index contributed by atoms with van der Waals surface area (Å²) in [4.78, 5) is 12.8. The van der Waals surface area contributed by atoms with Crippen molar-refractivity contribution in [1.82, 2.24) is 5.32 Å². The summed E-state index contributed by atoms with van der Waals surface area (Å²) in [5.41, 5.74) is 0.993. The monoisotopic (exact) mass is 389 g/mol. The van der Waals surface area contributed by atoms with E-state index in [1.165, 1.54) is 0 Å². The van der Waals surface area contributed by atoms with Gasteiger partial charge in [0.1, 0.15) is 22.8 Å². The predicted molar refractivity (Wildman–Crippen MR) is 105 cm³/mol. The lowest BCUT2D eigenvalue weighted by Gasteiger charge is -2.38. The molecule has 6 heteroatoms. The minimum absolute atomic E-state index is 0.198. The number of ether oxygens (including phenoxy) is 3. The Morgan fingerprint density at radius 2 is 2.07 bits per heavy atom. The highest BCUT2D eigenvalue weighted by Gasteiger charge is 2.35. The average Bonchev–Trinajstić information content (AvgIpc) is 2.62. The quantitative estimate of drug-likeness (QED) is 0.799. The fraction of sp³-hybridized carbons (Fsp3) is 0.381. The van der Waals surface area contributed by atoms with E-state index in [1.54, 1.807) is 25.3 Å². The summed E-state index contributed by atoms with van der Waals surface area (Å²) in [6.07, 6.45) is 0.643. The number of carbonyl (C=O) groups excluding carboxylic acids is 1. The van der Waals surface area contributed by atoms with Crippen LogP contribution in [0.1, 0.15) is 49.2 Å². The van der Waals surface area contributed by atoms with Gasteiger partial charge in [0.05, 0.1) is 24.8 Å². The molecule has 3 rings (SSSR count). The summed E-state index contributed by atoms with van der Waals surface area (Å²) in [7, 11) is 1.62. The summed E-state index contributed by atoms with van der Waals surface area (Å²) in [6.45, 7) is 6.41. The summed E-state index contributed by atoms with van der Waals surface area (Å²) in [5.74, 6) is 1.84. The standard InChI is InChI=1S/C21H24ClNO4/c1-5-26-19-8-6-13(10-16(19)22)20(24)23-17-12-21(2,3)27-18-9-7-14(25-4)11-15(17)18/h6-11,17H,5,12H2,1-4H3,(H,23,24)/t17-/m1/s1. The second-order valence-corrected chi connectivity index (χ2v) is 7.48. The molecule has 2 aromatic carbocycles. The number of nitrogens with one attached hydrogen (secondary N) is 1. The topological polar surface area (TPSA) is 56.8 Å². The molecule has 0 unspecified atom stereocenters. The van der Waals surface area contributed by atoms with Gasteiger partial charge >= 0.3 is 0 Å². The third kappa shape index (κ3) is 4.30. The van der Waals surface area contributed by atoms with Gasteiger partial charge in [-0.1, -0.05) is 11.6 Å². The second-order valence-electron chi connectivity index (χ2n) is 7.07. The van der Waals surface area contributed by atoms with Crippen LogP contribution in [0, 0.1) is 0 Å². The average molecular weight is 390 g/mol. The van der Waals surface area contributed by atoms with Gasteiger partial charge in [0.15, 0.2) is 0 Å². The van der Waals surface area contributed by atoms with Gasteiger partial charge in [0.25, 0.3) is 5.91 Å². The first-order valence-corrected chi connectivity index (χ1v) is 9.31. The fourth-order valence-corrected chi connectivity index (χ4v) is 3.48. The minimum Gasteiger partial charge on any atom is -0.497 e. The van der Waals surface area contributed by atoms with Gasteiger partial charge in [-0.3, -0.25) is 4.79 Å². The van der Waals surface area contributed by atoms with Crippen LogP contribution in [0.4, 0.5) is 0 Å². The molecule has 0 saturated heterocycles. The number of carbonyl (C=O) groups is 1. The van der Waals surface area contributed by atoms with E-state index in [-0.39, 0.29) is 11.9 Å². The third-order valence-electron chi connectivity index (χ3n) is 4.47. The Morgan fingerprint density at radius 3 is 2.74 bits per heavy atom. The van der Waals surface area contributed by atoms with E-state index in [2.05, 4.69) is 5.32 Å². The molecule has 1 heterocycles. The summed E-state index contributed by atoms with van der Waals surface area (Å²) < 4.78 is 16.8. The SMILES string of the molecule is CCOc1ccc(C(=O)N[C@@H]2CC(C)(C)Oc3ccc(OC)cc32)cc1Cl. The first kappa shape index (κ1) is 19.4. The molecule has 0 radical (unpaired) electrons. The maximum Gasteiger partial charge on any atom is 0.251 e. The van der Waals surface area contributed by atoms with Crippen molar-refractivity contribution in [2.45, 2.75) is 38.8 Å². The van der Waals surface area contributed by atoms with Gasteiger partial charge < -0.3 is 19.5 Å². The lowest BCUT2D eigenvalue weighted by Crippen LogP contribution is -2.41. The first-order chi connectivity index (χ1) is 12.8. The van der Waals surface area contributed by atoms with Gasteiger partial charge in [0, 0.05) is 17.5 Å². The molecule has 1 atom stereocenters. The summed E-state index contributed by atoms with van der Waals surface area (Å²) in [5, 5.41) is 3.52. The van der Waals surface area contributed by atoms with Gasteiger partial charge in [-0.05, 0) is 57.2 Å². The Balaban J connectivity index is 1.86. The molecular formula is C21H24ClNO4. The number of fused-ring (bicyclic) bond motifs is 1. The van der Waals surface area contributed by atoms with Crippen molar-refractivity contribution in [2.75, 3.05) is 13.7 Å². The molecule has 0 aromatic heterocycles. The van der Waals surface area contributed by atoms with Crippen LogP contribution in [0.25, 0.3) is 0 Å². The second kappa shape index (κ2) is 7.69. The molecule has 0 spiro atoms. The van der Waals surface area contributed by atoms with E-state index < -0.39 is 5.60 Å². The van der Waals surface area contributed by atoms with Crippen molar-refractivity contribution in [2.24, 2.45) is 0 Å². The maximum absolute atomic E-state index is 12.8. The predicted octanol–water partition coefficient (Wildman–Crippen LogP) is 4.78. The van der Waals surface area contributed by atoms with Crippen molar-refractivity contribution in [3.05, 3.63) is 52.5 Å². The highest BCUT2D eigenvalue weighted by Crippen LogP contribution is 2.41. The number of rotatable bonds is 5. The van der Waals surface area contributed by atoms with Crippen molar-refractivity contribution in [3.8, 4) is 17.2 Å². The van der Waals surface area contributed by atoms with E-state index in [9.17, 15) is 4.79 Å². The summed E-state index contributed by atoms with van der Waals surface area (Å²) >= 11 is 6.22. The molecule has 27 heavy (non-hydrogen) atoms. The fourth-order valence-electron chi connectivity index (χ4n) is 3.24. The number of hydrogen-bond donors (Lipinski definition) is 1. The number of hydrogen-bond acceptors (Lipinski definition) is 4. The molecular weight excluding hydrogens is 366 g/mol. The van der Waals surface area contributed by atoms with E-state index in [0.29, 0.717) is 29.4 Å². The molecule has 0 saturated carbocycles. The molecule has 1 aliphatic heterocycles. The molecule has 0 aliphatic carbocycles. The molecule has 0 fully saturated rings. The van der Waals surface area contributed by atoms with Gasteiger partial charge in [-0.15, -0.1) is 0 Å². The van der Waals surface area contributed by atoms with Crippen LogP contribution in [-0.4, -0.2) is 25.2 Å². The van der Waals surface area contributed by atoms with Crippen LogP contribution in [0.2, 0.25) is 5.02 Å². The lowest BCUT2D eigenvalue weighted by molar-refractivity contribution is 0.0618. The van der Waals surface area contributed by atoms with E-state index in [0.717, 1.165) is 17.1 Å². The number of methoxy groups -OCH3 is 1. The smallest absolute Gasteiger partial charge is 0.251 e. The molecule has 144 valence electrons. The van der Waals surface area contributed by atoms with Crippen LogP contribution in [0.3, 0.4) is 0 Å². The zero-order valence-corrected chi connectivity index (χ0v) is 16.7. The molecule has 0 bridgehead atoms. The van der Waals surface area contributed by atoms with E-state index in [1.807, 2.05) is 39.0 Å². The van der Waals surface area contributed by atoms with Crippen molar-refractivity contribution in [1.29, 1.82) is 0 Å². The van der Waals surface area contributed by atoms with Gasteiger partial charge in [0.2, 0.25) is 0 Å². The number of amides is 1. The Morgan fingerprint density at radius 1 is 1.30 bits per heavy atom. The Kier molecular flexibility index (Phi) is 5.51. The Labute approximate surface area is 164 Å². The van der Waals surface area contributed by atoms with Gasteiger partial charge in [-0.2, -0.15) is 0 Å². The zero-order valence-electron chi connectivity index (χ0n) is 16.0. The Bertz CT molecular complexity index is 850. The van der Waals surface area contributed by atoms with Crippen LogP contribution in [0.15, 0.2) is 36.4 Å². The largest absolute Gasteiger partial charge is 0.497 e. The molecule has 1 amide bonds. The normalized spacial score (nSPS) is 17.4. The van der Waals surface area contributed by atoms with E-state index in [4.69, 9.17) is 25.8 Å². The number of benzene rings is 2. The van der Waals surface area contributed by atoms with Crippen LogP contribution in [-0.2, 0) is 0 Å². The van der Waals surface area contributed by atoms with Crippen LogP contribution in [0.5, 0.6) is 17.2 Å². The zero-order chi connectivity index (χ0) is 19.6. The molecule has 2 aromatic rings. The highest BCUT2D eigenvalue weighted by atomic mass is 35.5. The van der Waals surface area contributed by atoms with Crippen LogP contribution >= 0.6 is 11.6 Å². The third-order valence-corrected chi connectivity index (χ3v) is 4.77. The molecule has 5 nitrogen and oxygen atoms in total. The summed E-state index contributed by atoms with van der Waals surface area (Å²) in [6, 6.07) is 10.5. The van der Waals surface area contributed by atoms with Crippen LogP contribution < -0.4 is 19.5 Å².